The van der Waals surface area contributed by atoms with E-state index in [1.807, 2.05) is 0 Å². The molecule has 3 N–H and O–H groups in total. The Bertz CT molecular complexity index is 1200. The highest BCUT2D eigenvalue weighted by Gasteiger charge is 2.87. The van der Waals surface area contributed by atoms with Crippen LogP contribution in [0.15, 0.2) is 46.5 Å². The van der Waals surface area contributed by atoms with Gasteiger partial charge in [-0.15, -0.1) is 46.4 Å². The van der Waals surface area contributed by atoms with Gasteiger partial charge in [0.15, 0.2) is 4.87 Å². The van der Waals surface area contributed by atoms with Crippen molar-refractivity contribution in [1.82, 2.24) is 0 Å². The summed E-state index contributed by atoms with van der Waals surface area (Å²) in [4.78, 5) is 4.58. The van der Waals surface area contributed by atoms with E-state index in [0.717, 1.165) is 0 Å². The Kier molecular flexibility index (Phi) is 4.71. The van der Waals surface area contributed by atoms with Crippen LogP contribution in [0.3, 0.4) is 0 Å². The Hall–Kier alpha value is -1.21. The fraction of sp³-hybridized carbons (Fsp3) is 0.286. The number of hydrogen-bond acceptors (Lipinski definition) is 4. The molecule has 2 aromatic carbocycles. The van der Waals surface area contributed by atoms with E-state index in [9.17, 15) is 20.1 Å². The van der Waals surface area contributed by atoms with Crippen LogP contribution >= 0.6 is 69.6 Å². The van der Waals surface area contributed by atoms with Gasteiger partial charge in [0.2, 0.25) is 0 Å². The van der Waals surface area contributed by atoms with Gasteiger partial charge in [0.1, 0.15) is 37.6 Å². The molecule has 3 aliphatic rings. The summed E-state index contributed by atoms with van der Waals surface area (Å²) in [5.41, 5.74) is 0.798. The first kappa shape index (κ1) is 22.6. The number of carboxylic acids is 1. The first-order valence-electron chi connectivity index (χ1n) is 9.22. The number of phenols is 2. The fourth-order valence-electron chi connectivity index (χ4n) is 5.13. The average molecular weight is 557 g/mol. The smallest absolute Gasteiger partial charge is 0.328 e. The van der Waals surface area contributed by atoms with E-state index in [4.69, 9.17) is 74.3 Å². The van der Waals surface area contributed by atoms with Gasteiger partial charge in [-0.25, -0.2) is 0 Å². The molecule has 2 aliphatic carbocycles. The van der Waals surface area contributed by atoms with Crippen molar-refractivity contribution >= 4 is 75.6 Å². The number of carbonyl (C=O) groups is 1. The molecule has 0 saturated heterocycles. The van der Waals surface area contributed by atoms with Gasteiger partial charge in [0, 0.05) is 35.6 Å². The summed E-state index contributed by atoms with van der Waals surface area (Å²) in [7, 11) is 0. The zero-order valence-electron chi connectivity index (χ0n) is 15.7. The zero-order valence-corrected chi connectivity index (χ0v) is 20.2. The molecule has 1 aliphatic heterocycles. The summed E-state index contributed by atoms with van der Waals surface area (Å²) in [6.45, 7) is 0. The van der Waals surface area contributed by atoms with Crippen molar-refractivity contribution in [2.75, 3.05) is 0 Å². The van der Waals surface area contributed by atoms with Crippen LogP contribution in [0.4, 0.5) is 0 Å². The van der Waals surface area contributed by atoms with Crippen molar-refractivity contribution in [3.8, 4) is 23.0 Å². The Labute approximate surface area is 212 Å². The molecule has 2 aromatic rings. The lowest BCUT2D eigenvalue weighted by molar-refractivity contribution is -0.141. The molecule has 1 heterocycles. The van der Waals surface area contributed by atoms with Gasteiger partial charge < -0.3 is 20.1 Å². The molecule has 168 valence electrons. The normalized spacial score (nSPS) is 35.4. The molecule has 0 spiro atoms. The van der Waals surface area contributed by atoms with Gasteiger partial charge in [-0.1, -0.05) is 35.3 Å². The summed E-state index contributed by atoms with van der Waals surface area (Å²) in [6.07, 6.45) is -0.238. The van der Waals surface area contributed by atoms with E-state index in [2.05, 4.69) is 0 Å². The Balaban J connectivity index is 1.90. The predicted molar refractivity (Wildman–Crippen MR) is 123 cm³/mol. The van der Waals surface area contributed by atoms with Crippen LogP contribution in [0.1, 0.15) is 23.5 Å². The van der Waals surface area contributed by atoms with E-state index >= 15 is 0 Å². The second-order valence-electron chi connectivity index (χ2n) is 8.06. The van der Waals surface area contributed by atoms with Gasteiger partial charge in [-0.2, -0.15) is 0 Å². The minimum atomic E-state index is -2.41. The summed E-state index contributed by atoms with van der Waals surface area (Å²) < 4.78 is 5.87. The molecule has 2 bridgehead atoms. The highest BCUT2D eigenvalue weighted by atomic mass is 35.5. The lowest BCUT2D eigenvalue weighted by atomic mass is 9.66. The number of ether oxygens (including phenoxy) is 1. The van der Waals surface area contributed by atoms with Crippen LogP contribution in [0, 0.1) is 0 Å². The van der Waals surface area contributed by atoms with E-state index in [1.54, 1.807) is 0 Å². The van der Waals surface area contributed by atoms with Gasteiger partial charge in [0.05, 0.1) is 10.1 Å². The van der Waals surface area contributed by atoms with Crippen molar-refractivity contribution in [1.29, 1.82) is 0 Å². The Morgan fingerprint density at radius 3 is 1.81 bits per heavy atom. The van der Waals surface area contributed by atoms with Crippen LogP contribution in [-0.2, 0) is 4.79 Å². The molecular formula is C21H12Cl6O5. The second kappa shape index (κ2) is 6.68. The third-order valence-electron chi connectivity index (χ3n) is 6.53. The molecule has 0 radical (unpaired) electrons. The molecule has 0 amide bonds. The largest absolute Gasteiger partial charge is 0.508 e. The lowest BCUT2D eigenvalue weighted by Crippen LogP contribution is -2.67. The van der Waals surface area contributed by atoms with Crippen LogP contribution in [0.25, 0.3) is 0 Å². The van der Waals surface area contributed by atoms with Gasteiger partial charge in [0.25, 0.3) is 0 Å². The third-order valence-corrected chi connectivity index (χ3v) is 11.0. The van der Waals surface area contributed by atoms with E-state index < -0.39 is 31.4 Å². The first-order chi connectivity index (χ1) is 14.8. The summed E-state index contributed by atoms with van der Waals surface area (Å²) >= 11 is 40.8. The minimum Gasteiger partial charge on any atom is -0.508 e. The number of carboxylic acid groups (broad SMARTS) is 1. The second-order valence-corrected chi connectivity index (χ2v) is 11.3. The summed E-state index contributed by atoms with van der Waals surface area (Å²) in [5, 5.41) is 30.1. The predicted octanol–water partition coefficient (Wildman–Crippen LogP) is 6.44. The maximum Gasteiger partial charge on any atom is 0.328 e. The molecule has 1 fully saturated rings. The van der Waals surface area contributed by atoms with Gasteiger partial charge >= 0.3 is 5.97 Å². The lowest BCUT2D eigenvalue weighted by Gasteiger charge is -2.52. The minimum absolute atomic E-state index is 0.0875. The maximum absolute atomic E-state index is 12.7. The molecule has 5 nitrogen and oxygen atoms in total. The molecule has 32 heavy (non-hydrogen) atoms. The van der Waals surface area contributed by atoms with Crippen molar-refractivity contribution in [2.45, 2.75) is 31.8 Å². The van der Waals surface area contributed by atoms with Crippen LogP contribution in [0.5, 0.6) is 23.0 Å². The molecule has 11 heteroatoms. The molecule has 4 atom stereocenters. The molecule has 0 aromatic heterocycles. The third kappa shape index (κ3) is 2.33. The summed E-state index contributed by atoms with van der Waals surface area (Å²) in [5.74, 6) is -2.41. The van der Waals surface area contributed by atoms with Crippen molar-refractivity contribution in [3.63, 3.8) is 0 Å². The number of phenolic OH excluding ortho intramolecular Hbond substituents is 2. The highest BCUT2D eigenvalue weighted by Crippen LogP contribution is 2.79. The molecule has 4 unspecified atom stereocenters. The Morgan fingerprint density at radius 1 is 0.875 bits per heavy atom. The van der Waals surface area contributed by atoms with Crippen LogP contribution in [0.2, 0.25) is 0 Å². The van der Waals surface area contributed by atoms with E-state index in [1.165, 1.54) is 36.4 Å². The van der Waals surface area contributed by atoms with Gasteiger partial charge in [-0.05, 0) is 12.1 Å². The number of rotatable bonds is 2. The SMILES string of the molecule is O=C(O)C1(Cl)C2(Cl)CC(Cl)(C(Cl)=C2Cl)C1(Cl)C1c2ccc(O)cc2Oc2cc(O)ccc21. The topological polar surface area (TPSA) is 87.0 Å². The van der Waals surface area contributed by atoms with E-state index in [-0.39, 0.29) is 39.5 Å². The van der Waals surface area contributed by atoms with Crippen molar-refractivity contribution in [2.24, 2.45) is 0 Å². The number of alkyl halides is 4. The molecular weight excluding hydrogens is 545 g/mol. The van der Waals surface area contributed by atoms with Gasteiger partial charge in [-0.3, -0.25) is 4.79 Å². The first-order valence-corrected chi connectivity index (χ1v) is 11.5. The standard InChI is InChI=1S/C21H12Cl6O5/c22-15-16(23)19(25)7-18(15,24)20(26,21(19,27)17(30)31)14-10-3-1-8(28)5-12(10)32-13-6-9(29)2-4-11(13)14/h1-6,14,28-29H,7H2,(H,30,31). The zero-order chi connectivity index (χ0) is 23.4. The number of aliphatic carboxylic acids is 1. The molecule has 1 saturated carbocycles. The monoisotopic (exact) mass is 554 g/mol. The van der Waals surface area contributed by atoms with Crippen LogP contribution in [-0.4, -0.2) is 40.8 Å². The molecule has 5 rings (SSSR count). The fourth-order valence-corrected chi connectivity index (χ4v) is 8.38. The van der Waals surface area contributed by atoms with E-state index in [0.29, 0.717) is 11.1 Å². The average Bonchev–Trinajstić information content (AvgIpc) is 3.00. The number of hydrogen-bond donors (Lipinski definition) is 3. The quantitative estimate of drug-likeness (QED) is 0.371. The summed E-state index contributed by atoms with van der Waals surface area (Å²) in [6, 6.07) is 8.52. The number of halogens is 6. The number of benzene rings is 2. The van der Waals surface area contributed by atoms with Crippen molar-refractivity contribution < 1.29 is 24.9 Å². The highest BCUT2D eigenvalue weighted by molar-refractivity contribution is 6.60. The number of aromatic hydroxyl groups is 2. The van der Waals surface area contributed by atoms with Crippen molar-refractivity contribution in [3.05, 3.63) is 57.6 Å². The Morgan fingerprint density at radius 2 is 1.34 bits per heavy atom. The number of allylic oxidation sites excluding steroid dienone is 2. The van der Waals surface area contributed by atoms with Crippen LogP contribution < -0.4 is 4.74 Å². The number of fused-ring (bicyclic) bond motifs is 4. The maximum atomic E-state index is 12.7.